The molecule has 0 bridgehead atoms. The van der Waals surface area contributed by atoms with E-state index in [1.54, 1.807) is 18.3 Å². The second kappa shape index (κ2) is 6.88. The van der Waals surface area contributed by atoms with Crippen LogP contribution in [-0.4, -0.2) is 34.0 Å². The molecule has 0 aliphatic rings. The Morgan fingerprint density at radius 3 is 2.65 bits per heavy atom. The Kier molecular flexibility index (Phi) is 4.94. The summed E-state index contributed by atoms with van der Waals surface area (Å²) in [7, 11) is -1.21. The van der Waals surface area contributed by atoms with Gasteiger partial charge in [-0.25, -0.2) is 0 Å². The van der Waals surface area contributed by atoms with Crippen molar-refractivity contribution in [2.75, 3.05) is 6.61 Å². The number of hydrogen-bond donors (Lipinski definition) is 0. The molecule has 0 atom stereocenters. The van der Waals surface area contributed by atoms with Gasteiger partial charge in [0.25, 0.3) is 0 Å². The van der Waals surface area contributed by atoms with Crippen LogP contribution in [0.2, 0.25) is 25.7 Å². The van der Waals surface area contributed by atoms with Crippen LogP contribution in [0.1, 0.15) is 0 Å². The standard InChI is InChI=1S/C17H21F3N4OSi/c1-26(2,3)8-7-25-12-23-15-5-4-6-21-14(15)9-16(23)13-10-22-24(11-13)17(18,19)20/h4-6,9-11H,7-8,12H2,1-3H3. The van der Waals surface area contributed by atoms with Crippen molar-refractivity contribution in [3.8, 4) is 11.3 Å². The third-order valence-electron chi connectivity index (χ3n) is 4.03. The third kappa shape index (κ3) is 4.16. The predicted molar refractivity (Wildman–Crippen MR) is 96.4 cm³/mol. The summed E-state index contributed by atoms with van der Waals surface area (Å²) in [6.07, 6.45) is -0.699. The van der Waals surface area contributed by atoms with Crippen LogP contribution in [-0.2, 0) is 17.8 Å². The van der Waals surface area contributed by atoms with Gasteiger partial charge in [0.1, 0.15) is 6.73 Å². The molecule has 3 heterocycles. The summed E-state index contributed by atoms with van der Waals surface area (Å²) in [5, 5.41) is 3.43. The summed E-state index contributed by atoms with van der Waals surface area (Å²) < 4.78 is 46.2. The van der Waals surface area contributed by atoms with Gasteiger partial charge < -0.3 is 9.30 Å². The highest BCUT2D eigenvalue weighted by Crippen LogP contribution is 2.29. The van der Waals surface area contributed by atoms with E-state index < -0.39 is 14.4 Å². The quantitative estimate of drug-likeness (QED) is 0.459. The van der Waals surface area contributed by atoms with Gasteiger partial charge in [-0.15, -0.1) is 13.2 Å². The fourth-order valence-electron chi connectivity index (χ4n) is 2.59. The van der Waals surface area contributed by atoms with Crippen molar-refractivity contribution in [2.45, 2.75) is 38.7 Å². The molecule has 3 rings (SSSR count). The average Bonchev–Trinajstić information content (AvgIpc) is 3.15. The van der Waals surface area contributed by atoms with E-state index in [-0.39, 0.29) is 11.4 Å². The van der Waals surface area contributed by atoms with Crippen molar-refractivity contribution >= 4 is 19.1 Å². The second-order valence-electron chi connectivity index (χ2n) is 7.35. The number of pyridine rings is 1. The number of halogens is 3. The van der Waals surface area contributed by atoms with Gasteiger partial charge in [0.05, 0.1) is 22.9 Å². The molecule has 0 aliphatic heterocycles. The molecule has 0 radical (unpaired) electrons. The molecule has 0 aromatic carbocycles. The molecule has 0 N–H and O–H groups in total. The minimum Gasteiger partial charge on any atom is -0.361 e. The maximum atomic E-state index is 12.8. The molecule has 26 heavy (non-hydrogen) atoms. The lowest BCUT2D eigenvalue weighted by Crippen LogP contribution is -2.22. The molecule has 0 amide bonds. The Morgan fingerprint density at radius 1 is 1.23 bits per heavy atom. The molecule has 0 unspecified atom stereocenters. The predicted octanol–water partition coefficient (Wildman–Crippen LogP) is 4.69. The van der Waals surface area contributed by atoms with Crippen LogP contribution in [0.4, 0.5) is 13.2 Å². The summed E-state index contributed by atoms with van der Waals surface area (Å²) in [6, 6.07) is 6.45. The topological polar surface area (TPSA) is 44.9 Å². The molecular formula is C17H21F3N4OSi. The zero-order valence-electron chi connectivity index (χ0n) is 14.9. The number of fused-ring (bicyclic) bond motifs is 1. The van der Waals surface area contributed by atoms with E-state index in [1.807, 2.05) is 10.6 Å². The Bertz CT molecular complexity index is 895. The monoisotopic (exact) mass is 382 g/mol. The number of aromatic nitrogens is 4. The second-order valence-corrected chi connectivity index (χ2v) is 13.0. The fourth-order valence-corrected chi connectivity index (χ4v) is 3.35. The zero-order chi connectivity index (χ0) is 18.9. The molecule has 0 saturated carbocycles. The SMILES string of the molecule is C[Si](C)(C)CCOCn1c(-c2cnn(C(F)(F)F)c2)cc2ncccc21. The van der Waals surface area contributed by atoms with Crippen molar-refractivity contribution < 1.29 is 17.9 Å². The maximum Gasteiger partial charge on any atom is 0.504 e. The van der Waals surface area contributed by atoms with Gasteiger partial charge in [-0.3, -0.25) is 4.98 Å². The lowest BCUT2D eigenvalue weighted by Gasteiger charge is -2.16. The molecular weight excluding hydrogens is 361 g/mol. The van der Waals surface area contributed by atoms with Gasteiger partial charge in [-0.1, -0.05) is 19.6 Å². The van der Waals surface area contributed by atoms with Crippen LogP contribution < -0.4 is 0 Å². The highest BCUT2D eigenvalue weighted by molar-refractivity contribution is 6.76. The van der Waals surface area contributed by atoms with Crippen molar-refractivity contribution in [1.82, 2.24) is 19.3 Å². The van der Waals surface area contributed by atoms with E-state index in [1.165, 1.54) is 6.20 Å². The first-order valence-electron chi connectivity index (χ1n) is 8.29. The van der Waals surface area contributed by atoms with Crippen LogP contribution in [0.3, 0.4) is 0 Å². The lowest BCUT2D eigenvalue weighted by atomic mass is 10.2. The van der Waals surface area contributed by atoms with Crippen molar-refractivity contribution in [1.29, 1.82) is 0 Å². The molecule has 0 aliphatic carbocycles. The van der Waals surface area contributed by atoms with Crippen LogP contribution in [0.5, 0.6) is 0 Å². The molecule has 0 fully saturated rings. The minimum absolute atomic E-state index is 0.00380. The normalized spacial score (nSPS) is 12.8. The van der Waals surface area contributed by atoms with Gasteiger partial charge >= 0.3 is 6.30 Å². The molecule has 0 saturated heterocycles. The van der Waals surface area contributed by atoms with E-state index in [4.69, 9.17) is 4.74 Å². The number of ether oxygens (including phenoxy) is 1. The van der Waals surface area contributed by atoms with E-state index in [2.05, 4.69) is 29.7 Å². The smallest absolute Gasteiger partial charge is 0.361 e. The van der Waals surface area contributed by atoms with E-state index in [0.717, 1.165) is 17.8 Å². The maximum absolute atomic E-state index is 12.8. The van der Waals surface area contributed by atoms with Gasteiger partial charge in [0.15, 0.2) is 0 Å². The summed E-state index contributed by atoms with van der Waals surface area (Å²) in [6.45, 7) is 7.68. The molecule has 0 spiro atoms. The molecule has 3 aromatic rings. The summed E-state index contributed by atoms with van der Waals surface area (Å²) in [5.74, 6) is 0. The minimum atomic E-state index is -4.54. The van der Waals surface area contributed by atoms with Crippen molar-refractivity contribution in [2.24, 2.45) is 0 Å². The van der Waals surface area contributed by atoms with Crippen LogP contribution in [0.15, 0.2) is 36.8 Å². The van der Waals surface area contributed by atoms with E-state index >= 15 is 0 Å². The lowest BCUT2D eigenvalue weighted by molar-refractivity contribution is -0.212. The van der Waals surface area contributed by atoms with E-state index in [0.29, 0.717) is 23.4 Å². The summed E-state index contributed by atoms with van der Waals surface area (Å²) >= 11 is 0. The first kappa shape index (κ1) is 18.7. The Balaban J connectivity index is 1.91. The molecule has 140 valence electrons. The number of rotatable bonds is 6. The number of hydrogen-bond acceptors (Lipinski definition) is 3. The van der Waals surface area contributed by atoms with Crippen LogP contribution >= 0.6 is 0 Å². The summed E-state index contributed by atoms with van der Waals surface area (Å²) in [4.78, 5) is 4.29. The average molecular weight is 382 g/mol. The largest absolute Gasteiger partial charge is 0.504 e. The number of nitrogens with zero attached hydrogens (tertiary/aromatic N) is 4. The third-order valence-corrected chi connectivity index (χ3v) is 5.73. The van der Waals surface area contributed by atoms with Gasteiger partial charge in [-0.05, 0) is 24.2 Å². The van der Waals surface area contributed by atoms with Gasteiger partial charge in [0.2, 0.25) is 0 Å². The number of alkyl halides is 3. The molecule has 5 nitrogen and oxygen atoms in total. The molecule has 3 aromatic heterocycles. The van der Waals surface area contributed by atoms with Gasteiger partial charge in [0, 0.05) is 32.6 Å². The molecule has 9 heteroatoms. The first-order valence-corrected chi connectivity index (χ1v) is 12.0. The van der Waals surface area contributed by atoms with Crippen molar-refractivity contribution in [3.05, 3.63) is 36.8 Å². The first-order chi connectivity index (χ1) is 12.1. The highest BCUT2D eigenvalue weighted by Gasteiger charge is 2.32. The Labute approximate surface area is 150 Å². The van der Waals surface area contributed by atoms with Crippen LogP contribution in [0, 0.1) is 0 Å². The van der Waals surface area contributed by atoms with Crippen LogP contribution in [0.25, 0.3) is 22.3 Å². The summed E-state index contributed by atoms with van der Waals surface area (Å²) in [5.41, 5.74) is 2.49. The van der Waals surface area contributed by atoms with Crippen molar-refractivity contribution in [3.63, 3.8) is 0 Å². The Morgan fingerprint density at radius 2 is 2.00 bits per heavy atom. The Hall–Kier alpha value is -2.13. The zero-order valence-corrected chi connectivity index (χ0v) is 15.9. The fraction of sp³-hybridized carbons (Fsp3) is 0.412. The van der Waals surface area contributed by atoms with E-state index in [9.17, 15) is 13.2 Å². The van der Waals surface area contributed by atoms with Gasteiger partial charge in [-0.2, -0.15) is 9.78 Å². The highest BCUT2D eigenvalue weighted by atomic mass is 28.3.